The first-order valence-electron chi connectivity index (χ1n) is 12.7. The number of aromatic amines is 1. The Morgan fingerprint density at radius 1 is 1.07 bits per heavy atom. The predicted octanol–water partition coefficient (Wildman–Crippen LogP) is 5.02. The molecule has 9 nitrogen and oxygen atoms in total. The number of benzene rings is 3. The molecule has 0 aliphatic heterocycles. The normalized spacial score (nSPS) is 12.2. The molecule has 1 heterocycles. The smallest absolute Gasteiger partial charge is 0.326 e. The minimum absolute atomic E-state index is 0.0307. The van der Waals surface area contributed by atoms with E-state index in [2.05, 4.69) is 15.3 Å². The van der Waals surface area contributed by atoms with Crippen LogP contribution in [0, 0.1) is 0 Å². The van der Waals surface area contributed by atoms with Gasteiger partial charge in [0.25, 0.3) is 15.9 Å². The lowest BCUT2D eigenvalue weighted by molar-refractivity contribution is -0.139. The maximum Gasteiger partial charge on any atom is 0.326 e. The zero-order chi connectivity index (χ0) is 29.2. The Labute approximate surface area is 243 Å². The second-order valence-corrected chi connectivity index (χ2v) is 11.8. The van der Waals surface area contributed by atoms with Gasteiger partial charge >= 0.3 is 5.97 Å². The quantitative estimate of drug-likeness (QED) is 0.199. The van der Waals surface area contributed by atoms with Crippen molar-refractivity contribution in [1.29, 1.82) is 0 Å². The molecule has 11 heteroatoms. The monoisotopic (exact) mass is 590 g/mol. The molecule has 1 amide bonds. The molecular weight excluding hydrogens is 560 g/mol. The van der Waals surface area contributed by atoms with E-state index in [-0.39, 0.29) is 18.5 Å². The van der Waals surface area contributed by atoms with E-state index < -0.39 is 27.9 Å². The molecule has 0 aliphatic rings. The first-order chi connectivity index (χ1) is 19.8. The fraction of sp³-hybridized carbons (Fsp3) is 0.167. The lowest BCUT2D eigenvalue weighted by Crippen LogP contribution is -2.41. The molecule has 212 valence electrons. The number of imidazole rings is 1. The van der Waals surface area contributed by atoms with Crippen LogP contribution in [-0.4, -0.2) is 53.4 Å². The van der Waals surface area contributed by atoms with Gasteiger partial charge in [0.2, 0.25) is 0 Å². The number of carboxylic acid groups (broad SMARTS) is 1. The number of H-pyrrole nitrogens is 1. The Morgan fingerprint density at radius 3 is 2.41 bits per heavy atom. The maximum atomic E-state index is 13.7. The van der Waals surface area contributed by atoms with E-state index in [1.165, 1.54) is 34.5 Å². The molecule has 0 fully saturated rings. The fourth-order valence-electron chi connectivity index (χ4n) is 4.13. The van der Waals surface area contributed by atoms with Gasteiger partial charge < -0.3 is 15.4 Å². The molecule has 3 aromatic carbocycles. The van der Waals surface area contributed by atoms with Crippen molar-refractivity contribution in [2.75, 3.05) is 16.3 Å². The molecular formula is C30H30N4O5S2. The average molecular weight is 591 g/mol. The number of anilines is 1. The molecule has 0 saturated carbocycles. The summed E-state index contributed by atoms with van der Waals surface area (Å²) in [5, 5.41) is 13.4. The van der Waals surface area contributed by atoms with Crippen LogP contribution in [0.2, 0.25) is 0 Å². The molecule has 4 rings (SSSR count). The van der Waals surface area contributed by atoms with Crippen LogP contribution >= 0.6 is 11.8 Å². The Hall–Kier alpha value is -4.35. The molecule has 3 N–H and O–H groups in total. The Bertz CT molecular complexity index is 1590. The molecule has 0 unspecified atom stereocenters. The summed E-state index contributed by atoms with van der Waals surface area (Å²) < 4.78 is 28.6. The Morgan fingerprint density at radius 2 is 1.78 bits per heavy atom. The summed E-state index contributed by atoms with van der Waals surface area (Å²) in [4.78, 5) is 32.1. The van der Waals surface area contributed by atoms with E-state index in [1.807, 2.05) is 42.7 Å². The third kappa shape index (κ3) is 7.86. The second kappa shape index (κ2) is 13.8. The summed E-state index contributed by atoms with van der Waals surface area (Å²) in [7, 11) is -4.00. The number of hydrogen-bond donors (Lipinski definition) is 3. The minimum Gasteiger partial charge on any atom is -0.480 e. The van der Waals surface area contributed by atoms with E-state index in [4.69, 9.17) is 0 Å². The van der Waals surface area contributed by atoms with Gasteiger partial charge in [-0.25, -0.2) is 18.2 Å². The van der Waals surface area contributed by atoms with Crippen molar-refractivity contribution >= 4 is 45.4 Å². The molecule has 1 aromatic heterocycles. The molecule has 0 spiro atoms. The zero-order valence-electron chi connectivity index (χ0n) is 22.3. The first kappa shape index (κ1) is 29.6. The lowest BCUT2D eigenvalue weighted by atomic mass is 9.98. The van der Waals surface area contributed by atoms with Crippen molar-refractivity contribution in [3.63, 3.8) is 0 Å². The largest absolute Gasteiger partial charge is 0.480 e. The van der Waals surface area contributed by atoms with E-state index in [0.717, 1.165) is 11.0 Å². The molecule has 0 saturated heterocycles. The van der Waals surface area contributed by atoms with E-state index in [0.29, 0.717) is 28.3 Å². The van der Waals surface area contributed by atoms with Crippen molar-refractivity contribution in [2.45, 2.75) is 19.0 Å². The van der Waals surface area contributed by atoms with Crippen LogP contribution in [0.4, 0.5) is 5.69 Å². The van der Waals surface area contributed by atoms with Gasteiger partial charge in [-0.2, -0.15) is 11.8 Å². The van der Waals surface area contributed by atoms with Gasteiger partial charge in [-0.3, -0.25) is 9.10 Å². The highest BCUT2D eigenvalue weighted by Crippen LogP contribution is 2.31. The van der Waals surface area contributed by atoms with Gasteiger partial charge in [-0.15, -0.1) is 0 Å². The number of hydrogen-bond acceptors (Lipinski definition) is 6. The maximum absolute atomic E-state index is 13.7. The molecule has 0 aliphatic carbocycles. The van der Waals surface area contributed by atoms with Crippen LogP contribution in [0.1, 0.15) is 28.0 Å². The van der Waals surface area contributed by atoms with Crippen molar-refractivity contribution in [2.24, 2.45) is 0 Å². The van der Waals surface area contributed by atoms with Crippen molar-refractivity contribution in [1.82, 2.24) is 15.3 Å². The number of carbonyl (C=O) groups is 2. The van der Waals surface area contributed by atoms with Crippen LogP contribution in [0.3, 0.4) is 0 Å². The van der Waals surface area contributed by atoms with Gasteiger partial charge in [0, 0.05) is 11.8 Å². The molecule has 0 bridgehead atoms. The van der Waals surface area contributed by atoms with Gasteiger partial charge in [-0.1, -0.05) is 60.7 Å². The lowest BCUT2D eigenvalue weighted by Gasteiger charge is -2.24. The summed E-state index contributed by atoms with van der Waals surface area (Å²) in [6, 6.07) is 21.8. The zero-order valence-corrected chi connectivity index (χ0v) is 23.9. The highest BCUT2D eigenvalue weighted by molar-refractivity contribution is 7.98. The number of sulfonamides is 1. The summed E-state index contributed by atoms with van der Waals surface area (Å²) in [6.45, 7) is -0.0307. The number of rotatable bonds is 13. The van der Waals surface area contributed by atoms with E-state index in [1.54, 1.807) is 42.6 Å². The third-order valence-electron chi connectivity index (χ3n) is 6.24. The number of aromatic nitrogens is 2. The van der Waals surface area contributed by atoms with Crippen LogP contribution in [0.5, 0.6) is 0 Å². The van der Waals surface area contributed by atoms with Gasteiger partial charge in [-0.05, 0) is 59.4 Å². The molecule has 4 aromatic rings. The van der Waals surface area contributed by atoms with Crippen molar-refractivity contribution in [3.05, 3.63) is 114 Å². The van der Waals surface area contributed by atoms with Crippen molar-refractivity contribution in [3.8, 4) is 11.1 Å². The van der Waals surface area contributed by atoms with Crippen LogP contribution in [-0.2, 0) is 21.4 Å². The third-order valence-corrected chi connectivity index (χ3v) is 8.32. The summed E-state index contributed by atoms with van der Waals surface area (Å²) in [5.41, 5.74) is 2.99. The Kier molecular flexibility index (Phi) is 9.99. The predicted molar refractivity (Wildman–Crippen MR) is 163 cm³/mol. The second-order valence-electron chi connectivity index (χ2n) is 9.08. The average Bonchev–Trinajstić information content (AvgIpc) is 3.51. The molecule has 0 radical (unpaired) electrons. The van der Waals surface area contributed by atoms with Crippen LogP contribution in [0.15, 0.2) is 96.8 Å². The number of carboxylic acids is 1. The number of nitrogens with one attached hydrogen (secondary N) is 2. The van der Waals surface area contributed by atoms with Crippen LogP contribution < -0.4 is 9.62 Å². The van der Waals surface area contributed by atoms with Crippen LogP contribution in [0.25, 0.3) is 17.2 Å². The van der Waals surface area contributed by atoms with Gasteiger partial charge in [0.15, 0.2) is 0 Å². The highest BCUT2D eigenvalue weighted by atomic mass is 32.2. The molecule has 1 atom stereocenters. The standard InChI is InChI=1S/C30H30N4O5S2/c1-40-16-14-28(30(36)37)33-29(35)26-13-12-25(18-27(26)23-10-6-3-7-11-23)34(20-24-19-31-21-32-24)41(38,39)17-15-22-8-4-2-5-9-22/h2-13,15,17-19,21,28H,14,16,20H2,1H3,(H,31,32)(H,33,35)(H,36,37)/t28-/m0/s1. The number of thioether (sulfide) groups is 1. The van der Waals surface area contributed by atoms with Gasteiger partial charge in [0.05, 0.1) is 29.7 Å². The molecule has 41 heavy (non-hydrogen) atoms. The van der Waals surface area contributed by atoms with Crippen molar-refractivity contribution < 1.29 is 23.1 Å². The summed E-state index contributed by atoms with van der Waals surface area (Å²) >= 11 is 1.49. The minimum atomic E-state index is -4.00. The highest BCUT2D eigenvalue weighted by Gasteiger charge is 2.25. The summed E-state index contributed by atoms with van der Waals surface area (Å²) in [6.07, 6.45) is 6.68. The number of aliphatic carboxylic acids is 1. The topological polar surface area (TPSA) is 132 Å². The van der Waals surface area contributed by atoms with E-state index >= 15 is 0 Å². The number of nitrogens with zero attached hydrogens (tertiary/aromatic N) is 2. The van der Waals surface area contributed by atoms with Gasteiger partial charge in [0.1, 0.15) is 6.04 Å². The van der Waals surface area contributed by atoms with E-state index in [9.17, 15) is 23.1 Å². The first-order valence-corrected chi connectivity index (χ1v) is 15.6. The number of amides is 1. The number of carbonyl (C=O) groups excluding carboxylic acids is 1. The summed E-state index contributed by atoms with van der Waals surface area (Å²) in [5.74, 6) is -1.11. The fourth-order valence-corrected chi connectivity index (χ4v) is 5.80. The SMILES string of the molecule is CSCC[C@H](NC(=O)c1ccc(N(Cc2cnc[nH]2)S(=O)(=O)C=Cc2ccccc2)cc1-c1ccccc1)C(=O)O. The Balaban J connectivity index is 1.77.